The lowest BCUT2D eigenvalue weighted by molar-refractivity contribution is -0.139. The Labute approximate surface area is 99.8 Å². The minimum absolute atomic E-state index is 0.0345. The van der Waals surface area contributed by atoms with Crippen LogP contribution in [-0.4, -0.2) is 34.6 Å². The molecule has 0 aliphatic heterocycles. The Bertz CT molecular complexity index is 220. The summed E-state index contributed by atoms with van der Waals surface area (Å²) >= 11 is 0. The second-order valence-corrected chi connectivity index (χ2v) is 5.34. The smallest absolute Gasteiger partial charge is 0.225 e. The summed E-state index contributed by atoms with van der Waals surface area (Å²) in [6.07, 6.45) is 1.01. The summed E-state index contributed by atoms with van der Waals surface area (Å²) in [6, 6.07) is 0. The first-order valence-corrected chi connectivity index (χ1v) is 6.24. The topological polar surface area (TPSA) is 40.5 Å². The summed E-state index contributed by atoms with van der Waals surface area (Å²) in [5.74, 6) is 0.578. The highest BCUT2D eigenvalue weighted by Gasteiger charge is 2.27. The molecule has 0 rings (SSSR count). The average molecular weight is 229 g/mol. The summed E-state index contributed by atoms with van der Waals surface area (Å²) in [4.78, 5) is 13.9. The summed E-state index contributed by atoms with van der Waals surface area (Å²) in [5, 5.41) is 9.75. The number of likely N-dealkylation sites (N-methyl/N-ethyl adjacent to an activating group) is 1. The molecule has 1 N–H and O–H groups in total. The molecule has 0 saturated heterocycles. The van der Waals surface area contributed by atoms with Gasteiger partial charge in [0.2, 0.25) is 5.91 Å². The summed E-state index contributed by atoms with van der Waals surface area (Å²) in [7, 11) is 0. The predicted molar refractivity (Wildman–Crippen MR) is 67.2 cm³/mol. The van der Waals surface area contributed by atoms with E-state index in [1.807, 2.05) is 13.8 Å². The van der Waals surface area contributed by atoms with E-state index in [0.717, 1.165) is 6.42 Å². The third kappa shape index (κ3) is 4.97. The van der Waals surface area contributed by atoms with Gasteiger partial charge in [0.05, 0.1) is 5.60 Å². The normalized spacial score (nSPS) is 15.7. The third-order valence-electron chi connectivity index (χ3n) is 3.16. The van der Waals surface area contributed by atoms with E-state index in [1.54, 1.807) is 18.7 Å². The maximum absolute atomic E-state index is 12.2. The van der Waals surface area contributed by atoms with Gasteiger partial charge in [-0.15, -0.1) is 0 Å². The van der Waals surface area contributed by atoms with Gasteiger partial charge in [-0.3, -0.25) is 4.79 Å². The van der Waals surface area contributed by atoms with Crippen LogP contribution in [0.2, 0.25) is 0 Å². The van der Waals surface area contributed by atoms with Gasteiger partial charge in [-0.05, 0) is 26.7 Å². The quantitative estimate of drug-likeness (QED) is 0.759. The van der Waals surface area contributed by atoms with Crippen molar-refractivity contribution in [3.63, 3.8) is 0 Å². The van der Waals surface area contributed by atoms with Gasteiger partial charge in [-0.2, -0.15) is 0 Å². The van der Waals surface area contributed by atoms with Gasteiger partial charge in [0.25, 0.3) is 0 Å². The average Bonchev–Trinajstić information content (AvgIpc) is 2.21. The van der Waals surface area contributed by atoms with Crippen LogP contribution >= 0.6 is 0 Å². The van der Waals surface area contributed by atoms with E-state index >= 15 is 0 Å². The van der Waals surface area contributed by atoms with Crippen LogP contribution in [0.15, 0.2) is 0 Å². The van der Waals surface area contributed by atoms with Crippen molar-refractivity contribution in [2.75, 3.05) is 13.1 Å². The number of carbonyl (C=O) groups is 1. The molecule has 2 atom stereocenters. The fraction of sp³-hybridized carbons (Fsp3) is 0.923. The summed E-state index contributed by atoms with van der Waals surface area (Å²) < 4.78 is 0. The molecule has 0 saturated carbocycles. The first kappa shape index (κ1) is 15.4. The molecule has 0 radical (unpaired) electrons. The molecule has 0 aliphatic rings. The highest BCUT2D eigenvalue weighted by molar-refractivity contribution is 5.78. The molecule has 3 nitrogen and oxygen atoms in total. The lowest BCUT2D eigenvalue weighted by Gasteiger charge is -2.31. The van der Waals surface area contributed by atoms with Crippen molar-refractivity contribution in [1.82, 2.24) is 4.90 Å². The Morgan fingerprint density at radius 3 is 2.12 bits per heavy atom. The number of nitrogens with zero attached hydrogens (tertiary/aromatic N) is 1. The standard InChI is InChI=1S/C13H27NO2/c1-7-10(3)11(4)12(15)14(8-2)9-13(5,6)16/h10-11,16H,7-9H2,1-6H3. The van der Waals surface area contributed by atoms with E-state index < -0.39 is 5.60 Å². The van der Waals surface area contributed by atoms with Gasteiger partial charge >= 0.3 is 0 Å². The molecule has 1 amide bonds. The van der Waals surface area contributed by atoms with Crippen molar-refractivity contribution < 1.29 is 9.90 Å². The van der Waals surface area contributed by atoms with E-state index in [0.29, 0.717) is 19.0 Å². The van der Waals surface area contributed by atoms with Crippen molar-refractivity contribution >= 4 is 5.91 Å². The second-order valence-electron chi connectivity index (χ2n) is 5.34. The molecule has 3 heteroatoms. The fourth-order valence-corrected chi connectivity index (χ4v) is 1.70. The maximum Gasteiger partial charge on any atom is 0.225 e. The maximum atomic E-state index is 12.2. The van der Waals surface area contributed by atoms with Crippen LogP contribution in [0.25, 0.3) is 0 Å². The third-order valence-corrected chi connectivity index (χ3v) is 3.16. The van der Waals surface area contributed by atoms with E-state index in [2.05, 4.69) is 13.8 Å². The Morgan fingerprint density at radius 2 is 1.81 bits per heavy atom. The highest BCUT2D eigenvalue weighted by Crippen LogP contribution is 2.18. The molecular formula is C13H27NO2. The molecule has 0 aliphatic carbocycles. The lowest BCUT2D eigenvalue weighted by atomic mass is 9.92. The van der Waals surface area contributed by atoms with Crippen LogP contribution in [0.5, 0.6) is 0 Å². The van der Waals surface area contributed by atoms with Crippen molar-refractivity contribution in [2.45, 2.75) is 53.6 Å². The molecular weight excluding hydrogens is 202 g/mol. The van der Waals surface area contributed by atoms with Crippen LogP contribution in [0.4, 0.5) is 0 Å². The Hall–Kier alpha value is -0.570. The summed E-state index contributed by atoms with van der Waals surface area (Å²) in [5.41, 5.74) is -0.819. The number of amides is 1. The van der Waals surface area contributed by atoms with Crippen LogP contribution in [-0.2, 0) is 4.79 Å². The van der Waals surface area contributed by atoms with Gasteiger partial charge in [-0.25, -0.2) is 0 Å². The Morgan fingerprint density at radius 1 is 1.31 bits per heavy atom. The van der Waals surface area contributed by atoms with Gasteiger partial charge in [0.1, 0.15) is 0 Å². The first-order valence-electron chi connectivity index (χ1n) is 6.24. The predicted octanol–water partition coefficient (Wildman–Crippen LogP) is 2.29. The molecule has 0 aromatic heterocycles. The van der Waals surface area contributed by atoms with Gasteiger partial charge < -0.3 is 10.0 Å². The van der Waals surface area contributed by atoms with Crippen LogP contribution in [0.3, 0.4) is 0 Å². The van der Waals surface area contributed by atoms with Gasteiger partial charge in [0.15, 0.2) is 0 Å². The molecule has 96 valence electrons. The molecule has 16 heavy (non-hydrogen) atoms. The number of carbonyl (C=O) groups excluding carboxylic acids is 1. The van der Waals surface area contributed by atoms with Crippen molar-refractivity contribution in [1.29, 1.82) is 0 Å². The lowest BCUT2D eigenvalue weighted by Crippen LogP contribution is -2.45. The van der Waals surface area contributed by atoms with Crippen LogP contribution < -0.4 is 0 Å². The van der Waals surface area contributed by atoms with Crippen molar-refractivity contribution in [3.05, 3.63) is 0 Å². The van der Waals surface area contributed by atoms with Crippen LogP contribution in [0.1, 0.15) is 48.0 Å². The molecule has 0 spiro atoms. The zero-order valence-electron chi connectivity index (χ0n) is 11.6. The monoisotopic (exact) mass is 229 g/mol. The number of aliphatic hydroxyl groups is 1. The Kier molecular flexibility index (Phi) is 6.01. The van der Waals surface area contributed by atoms with E-state index in [1.165, 1.54) is 0 Å². The molecule has 0 aromatic rings. The molecule has 0 fully saturated rings. The second kappa shape index (κ2) is 6.24. The van der Waals surface area contributed by atoms with E-state index in [9.17, 15) is 9.90 Å². The van der Waals surface area contributed by atoms with Gasteiger partial charge in [0, 0.05) is 19.0 Å². The first-order chi connectivity index (χ1) is 7.22. The largest absolute Gasteiger partial charge is 0.389 e. The zero-order chi connectivity index (χ0) is 12.9. The molecule has 2 unspecified atom stereocenters. The zero-order valence-corrected chi connectivity index (χ0v) is 11.6. The molecule has 0 aromatic carbocycles. The van der Waals surface area contributed by atoms with Crippen molar-refractivity contribution in [3.8, 4) is 0 Å². The van der Waals surface area contributed by atoms with Crippen LogP contribution in [0, 0.1) is 11.8 Å². The van der Waals surface area contributed by atoms with E-state index in [4.69, 9.17) is 0 Å². The summed E-state index contributed by atoms with van der Waals surface area (Å²) in [6.45, 7) is 12.7. The fourth-order valence-electron chi connectivity index (χ4n) is 1.70. The Balaban J connectivity index is 4.53. The minimum atomic E-state index is -0.819. The van der Waals surface area contributed by atoms with Crippen molar-refractivity contribution in [2.24, 2.45) is 11.8 Å². The highest BCUT2D eigenvalue weighted by atomic mass is 16.3. The number of rotatable bonds is 6. The molecule has 0 heterocycles. The minimum Gasteiger partial charge on any atom is -0.389 e. The number of hydrogen-bond acceptors (Lipinski definition) is 2. The van der Waals surface area contributed by atoms with E-state index in [-0.39, 0.29) is 11.8 Å². The number of hydrogen-bond donors (Lipinski definition) is 1. The molecule has 0 bridgehead atoms. The van der Waals surface area contributed by atoms with Gasteiger partial charge in [-0.1, -0.05) is 27.2 Å². The SMILES string of the molecule is CCC(C)C(C)C(=O)N(CC)CC(C)(C)O.